The lowest BCUT2D eigenvalue weighted by atomic mass is 10.1. The number of thioether (sulfide) groups is 2. The van der Waals surface area contributed by atoms with E-state index in [0.29, 0.717) is 5.22 Å². The van der Waals surface area contributed by atoms with Crippen molar-refractivity contribution in [2.45, 2.75) is 9.56 Å². The molecule has 0 amide bonds. The molecule has 2 heterocycles. The fraction of sp³-hybridized carbons (Fsp3) is 0.0588. The smallest absolute Gasteiger partial charge is 0.257 e. The zero-order valence-electron chi connectivity index (χ0n) is 21.6. The summed E-state index contributed by atoms with van der Waals surface area (Å²) in [6.45, 7) is 0. The summed E-state index contributed by atoms with van der Waals surface area (Å²) in [4.78, 5) is 11.1. The van der Waals surface area contributed by atoms with Crippen LogP contribution in [0.25, 0.3) is 44.3 Å². The lowest BCUT2D eigenvalue weighted by Crippen LogP contribution is -1.82. The van der Waals surface area contributed by atoms with Gasteiger partial charge in [-0.2, -0.15) is 0 Å². The van der Waals surface area contributed by atoms with Crippen LogP contribution in [0.5, 0.6) is 0 Å². The number of hydrogen-bond donors (Lipinski definition) is 0. The molecule has 0 N–H and O–H groups in total. The zero-order valence-corrected chi connectivity index (χ0v) is 24.1. The number of aromatic nitrogens is 2. The van der Waals surface area contributed by atoms with Gasteiger partial charge in [0.2, 0.25) is 0 Å². The topological polar surface area (TPSA) is 38.9 Å². The standard InChI is InChI=1S/C34H26N2OS3/c1-5-15-25(16-6-1)29-31(27-19-9-3-10-20-27)37-33(35-29)38-23-13-14-24-39-34-36-30(26-17-7-2-8-18-26)32(40-34)28-21-11-4-12-22-28/h1-22H,23-24H2/b14-13+. The molecular weight excluding hydrogens is 549 g/mol. The highest BCUT2D eigenvalue weighted by molar-refractivity contribution is 8.01. The van der Waals surface area contributed by atoms with Gasteiger partial charge in [-0.15, -0.1) is 11.3 Å². The van der Waals surface area contributed by atoms with Gasteiger partial charge >= 0.3 is 0 Å². The summed E-state index contributed by atoms with van der Waals surface area (Å²) in [6, 6.07) is 41.3. The largest absolute Gasteiger partial charge is 0.431 e. The van der Waals surface area contributed by atoms with Gasteiger partial charge in [-0.3, -0.25) is 0 Å². The number of benzene rings is 4. The molecule has 0 radical (unpaired) electrons. The Kier molecular flexibility index (Phi) is 8.58. The number of hydrogen-bond acceptors (Lipinski definition) is 6. The van der Waals surface area contributed by atoms with Crippen molar-refractivity contribution in [2.24, 2.45) is 0 Å². The summed E-state index contributed by atoms with van der Waals surface area (Å²) in [7, 11) is 0. The van der Waals surface area contributed by atoms with Crippen molar-refractivity contribution in [1.82, 2.24) is 9.97 Å². The van der Waals surface area contributed by atoms with Gasteiger partial charge in [0.15, 0.2) is 10.1 Å². The minimum Gasteiger partial charge on any atom is -0.431 e. The molecule has 4 aromatic carbocycles. The average molecular weight is 575 g/mol. The van der Waals surface area contributed by atoms with Crippen LogP contribution in [-0.2, 0) is 0 Å². The van der Waals surface area contributed by atoms with Crippen LogP contribution in [0.4, 0.5) is 0 Å². The Balaban J connectivity index is 1.12. The summed E-state index contributed by atoms with van der Waals surface area (Å²) in [6.07, 6.45) is 4.37. The number of thiazole rings is 1. The molecule has 0 unspecified atom stereocenters. The molecule has 0 aliphatic carbocycles. The van der Waals surface area contributed by atoms with Crippen molar-refractivity contribution in [3.8, 4) is 44.3 Å². The van der Waals surface area contributed by atoms with Gasteiger partial charge in [-0.05, 0) is 5.56 Å². The predicted octanol–water partition coefficient (Wildman–Crippen LogP) is 10.2. The normalized spacial score (nSPS) is 11.3. The van der Waals surface area contributed by atoms with E-state index >= 15 is 0 Å². The monoisotopic (exact) mass is 574 g/mol. The molecule has 2 aromatic heterocycles. The Labute approximate surface area is 247 Å². The van der Waals surface area contributed by atoms with Crippen LogP contribution in [0.3, 0.4) is 0 Å². The van der Waals surface area contributed by atoms with Crippen LogP contribution < -0.4 is 0 Å². The predicted molar refractivity (Wildman–Crippen MR) is 171 cm³/mol. The Morgan fingerprint density at radius 2 is 1.05 bits per heavy atom. The minimum atomic E-state index is 0.676. The van der Waals surface area contributed by atoms with Gasteiger partial charge in [0.05, 0.1) is 10.6 Å². The first-order valence-corrected chi connectivity index (χ1v) is 15.8. The van der Waals surface area contributed by atoms with E-state index in [1.54, 1.807) is 34.9 Å². The summed E-state index contributed by atoms with van der Waals surface area (Å²) >= 11 is 5.13. The second-order valence-electron chi connectivity index (χ2n) is 8.87. The third kappa shape index (κ3) is 6.31. The first-order valence-electron chi connectivity index (χ1n) is 13.0. The molecule has 0 bridgehead atoms. The van der Waals surface area contributed by atoms with Gasteiger partial charge in [0.1, 0.15) is 5.69 Å². The first-order chi connectivity index (χ1) is 19.8. The summed E-state index contributed by atoms with van der Waals surface area (Å²) < 4.78 is 7.31. The molecule has 0 aliphatic rings. The molecule has 0 spiro atoms. The van der Waals surface area contributed by atoms with E-state index in [9.17, 15) is 0 Å². The molecule has 3 nitrogen and oxygen atoms in total. The maximum Gasteiger partial charge on any atom is 0.257 e. The van der Waals surface area contributed by atoms with E-state index in [4.69, 9.17) is 14.4 Å². The molecule has 0 atom stereocenters. The van der Waals surface area contributed by atoms with Crippen LogP contribution in [0.15, 0.2) is 147 Å². The van der Waals surface area contributed by atoms with Gasteiger partial charge in [-0.1, -0.05) is 157 Å². The second kappa shape index (κ2) is 13.0. The highest BCUT2D eigenvalue weighted by atomic mass is 32.2. The molecule has 40 heavy (non-hydrogen) atoms. The lowest BCUT2D eigenvalue weighted by molar-refractivity contribution is 0.466. The lowest BCUT2D eigenvalue weighted by Gasteiger charge is -2.02. The third-order valence-corrected chi connectivity index (χ3v) is 9.13. The number of oxazole rings is 1. The fourth-order valence-corrected chi connectivity index (χ4v) is 6.97. The molecule has 0 fully saturated rings. The van der Waals surface area contributed by atoms with E-state index < -0.39 is 0 Å². The van der Waals surface area contributed by atoms with E-state index in [1.807, 2.05) is 48.5 Å². The van der Waals surface area contributed by atoms with Gasteiger partial charge < -0.3 is 4.42 Å². The molecular formula is C34H26N2OS3. The molecule has 0 saturated heterocycles. The fourth-order valence-electron chi connectivity index (χ4n) is 4.25. The average Bonchev–Trinajstić information content (AvgIpc) is 3.66. The third-order valence-electron chi connectivity index (χ3n) is 6.15. The maximum atomic E-state index is 6.24. The molecule has 196 valence electrons. The second-order valence-corrected chi connectivity index (χ2v) is 12.1. The van der Waals surface area contributed by atoms with Crippen LogP contribution >= 0.6 is 34.9 Å². The van der Waals surface area contributed by atoms with Crippen molar-refractivity contribution in [1.29, 1.82) is 0 Å². The van der Waals surface area contributed by atoms with Crippen molar-refractivity contribution in [3.05, 3.63) is 133 Å². The summed E-state index contributed by atoms with van der Waals surface area (Å²) in [5.74, 6) is 2.44. The van der Waals surface area contributed by atoms with Crippen molar-refractivity contribution >= 4 is 34.9 Å². The van der Waals surface area contributed by atoms with Gasteiger partial charge in [0, 0.05) is 28.2 Å². The van der Waals surface area contributed by atoms with E-state index in [1.165, 1.54) is 10.4 Å². The Hall–Kier alpha value is -3.84. The first kappa shape index (κ1) is 26.4. The van der Waals surface area contributed by atoms with E-state index in [2.05, 4.69) is 84.9 Å². The van der Waals surface area contributed by atoms with Crippen LogP contribution in [0, 0.1) is 0 Å². The van der Waals surface area contributed by atoms with Crippen molar-refractivity contribution in [2.75, 3.05) is 11.5 Å². The van der Waals surface area contributed by atoms with Crippen LogP contribution in [0.2, 0.25) is 0 Å². The van der Waals surface area contributed by atoms with Gasteiger partial charge in [-0.25, -0.2) is 9.97 Å². The number of rotatable bonds is 10. The SMILES string of the molecule is C(=C\CSc1nc(-c2ccccc2)c(-c2ccccc2)s1)/CSc1nc(-c2ccccc2)c(-c2ccccc2)o1. The zero-order chi connectivity index (χ0) is 27.0. The van der Waals surface area contributed by atoms with Crippen LogP contribution in [0.1, 0.15) is 0 Å². The van der Waals surface area contributed by atoms with Crippen molar-refractivity contribution < 1.29 is 4.42 Å². The Morgan fingerprint density at radius 3 is 1.65 bits per heavy atom. The molecule has 0 aliphatic heterocycles. The minimum absolute atomic E-state index is 0.676. The van der Waals surface area contributed by atoms with Crippen molar-refractivity contribution in [3.63, 3.8) is 0 Å². The molecule has 0 saturated carbocycles. The Bertz CT molecular complexity index is 1440. The highest BCUT2D eigenvalue weighted by Crippen LogP contribution is 2.40. The van der Waals surface area contributed by atoms with E-state index in [0.717, 1.165) is 49.7 Å². The van der Waals surface area contributed by atoms with Gasteiger partial charge in [0.25, 0.3) is 5.22 Å². The molecule has 6 aromatic rings. The Morgan fingerprint density at radius 1 is 0.550 bits per heavy atom. The quantitative estimate of drug-likeness (QED) is 0.120. The summed E-state index contributed by atoms with van der Waals surface area (Å²) in [5.41, 5.74) is 6.35. The molecule has 6 rings (SSSR count). The summed E-state index contributed by atoms with van der Waals surface area (Å²) in [5, 5.41) is 0.676. The highest BCUT2D eigenvalue weighted by Gasteiger charge is 2.17. The molecule has 6 heteroatoms. The number of nitrogens with zero attached hydrogens (tertiary/aromatic N) is 2. The van der Waals surface area contributed by atoms with Crippen LogP contribution in [-0.4, -0.2) is 21.5 Å². The van der Waals surface area contributed by atoms with E-state index in [-0.39, 0.29) is 0 Å². The maximum absolute atomic E-state index is 6.24.